The van der Waals surface area contributed by atoms with Gasteiger partial charge < -0.3 is 14.9 Å². The summed E-state index contributed by atoms with van der Waals surface area (Å²) < 4.78 is 25.7. The van der Waals surface area contributed by atoms with E-state index in [1.54, 1.807) is 30.3 Å². The summed E-state index contributed by atoms with van der Waals surface area (Å²) in [4.78, 5) is 27.1. The van der Waals surface area contributed by atoms with Crippen molar-refractivity contribution in [1.29, 1.82) is 0 Å². The van der Waals surface area contributed by atoms with Crippen molar-refractivity contribution >= 4 is 56.3 Å². The van der Waals surface area contributed by atoms with E-state index >= 15 is 0 Å². The van der Waals surface area contributed by atoms with Gasteiger partial charge in [-0.25, -0.2) is 4.39 Å². The highest BCUT2D eigenvalue weighted by molar-refractivity contribution is 9.11. The summed E-state index contributed by atoms with van der Waals surface area (Å²) in [6.07, 6.45) is 0. The molecule has 2 N–H and O–H groups in total. The van der Waals surface area contributed by atoms with Gasteiger partial charge in [0, 0.05) is 33.8 Å². The van der Waals surface area contributed by atoms with Crippen LogP contribution in [0.4, 0.5) is 4.39 Å². The maximum Gasteiger partial charge on any atom is 0.262 e. The minimum absolute atomic E-state index is 0.0489. The molecule has 14 heteroatoms. The molecule has 2 aromatic heterocycles. The summed E-state index contributed by atoms with van der Waals surface area (Å²) in [5.41, 5.74) is -1.03. The highest BCUT2D eigenvalue weighted by atomic mass is 79.9. The van der Waals surface area contributed by atoms with Crippen LogP contribution in [0.3, 0.4) is 0 Å². The van der Waals surface area contributed by atoms with Gasteiger partial charge in [0.25, 0.3) is 11.1 Å². The predicted molar refractivity (Wildman–Crippen MR) is 160 cm³/mol. The number of aromatic hydroxyl groups is 2. The van der Waals surface area contributed by atoms with Crippen LogP contribution in [0.5, 0.6) is 17.5 Å². The first-order valence-electron chi connectivity index (χ1n) is 11.6. The molecule has 0 atom stereocenters. The fraction of sp³-hybridized carbons (Fsp3) is 0.231. The number of hydrogen-bond donors (Lipinski definition) is 2. The molecule has 0 aliphatic rings. The number of rotatable bonds is 6. The molecule has 0 saturated carbocycles. The van der Waals surface area contributed by atoms with Gasteiger partial charge in [0.15, 0.2) is 9.54 Å². The number of hydrogen-bond acceptors (Lipinski definition) is 7. The van der Waals surface area contributed by atoms with Gasteiger partial charge in [0.1, 0.15) is 18.2 Å². The Balaban J connectivity index is 2.01. The van der Waals surface area contributed by atoms with Crippen molar-refractivity contribution in [3.63, 3.8) is 0 Å². The average molecular weight is 714 g/mol. The zero-order valence-electron chi connectivity index (χ0n) is 21.6. The number of nitrogens with zero attached hydrogens (tertiary/aromatic N) is 4. The second-order valence-corrected chi connectivity index (χ2v) is 11.5. The van der Waals surface area contributed by atoms with Crippen molar-refractivity contribution in [1.82, 2.24) is 18.3 Å². The number of aromatic nitrogens is 4. The van der Waals surface area contributed by atoms with Crippen molar-refractivity contribution in [3.8, 4) is 17.5 Å². The van der Waals surface area contributed by atoms with Crippen molar-refractivity contribution in [2.24, 2.45) is 28.2 Å². The van der Waals surface area contributed by atoms with Gasteiger partial charge in [-0.2, -0.15) is 0 Å². The lowest BCUT2D eigenvalue weighted by molar-refractivity contribution is 0.296. The van der Waals surface area contributed by atoms with E-state index in [2.05, 4.69) is 31.9 Å². The number of benzene rings is 2. The quantitative estimate of drug-likeness (QED) is 0.270. The summed E-state index contributed by atoms with van der Waals surface area (Å²) in [7, 11) is 5.85. The SMILES string of the molecule is Cn1c(O)c(C(c2cc(Br)c(OCc3ccccc3F)c(Br)c2)c2c(O)n(C)c(=S)n(C)c2=O)c(=O)n(C)c1=S. The minimum Gasteiger partial charge on any atom is -0.494 e. The molecule has 9 nitrogen and oxygen atoms in total. The molecule has 4 rings (SSSR count). The van der Waals surface area contributed by atoms with Crippen LogP contribution < -0.4 is 15.9 Å². The molecule has 0 saturated heterocycles. The Morgan fingerprint density at radius 3 is 1.75 bits per heavy atom. The van der Waals surface area contributed by atoms with Gasteiger partial charge in [0.05, 0.1) is 26.0 Å². The molecule has 2 heterocycles. The normalized spacial score (nSPS) is 11.3. The predicted octanol–water partition coefficient (Wildman–Crippen LogP) is 5.05. The molecule has 0 fully saturated rings. The van der Waals surface area contributed by atoms with E-state index in [0.29, 0.717) is 25.8 Å². The van der Waals surface area contributed by atoms with E-state index < -0.39 is 34.6 Å². The van der Waals surface area contributed by atoms with Gasteiger partial charge in [-0.15, -0.1) is 0 Å². The van der Waals surface area contributed by atoms with Crippen molar-refractivity contribution in [2.45, 2.75) is 12.5 Å². The van der Waals surface area contributed by atoms with E-state index in [4.69, 9.17) is 29.2 Å². The second kappa shape index (κ2) is 11.4. The Hall–Kier alpha value is -3.07. The number of ether oxygens (including phenoxy) is 1. The van der Waals surface area contributed by atoms with Gasteiger partial charge in [-0.1, -0.05) is 18.2 Å². The molecular weight excluding hydrogens is 691 g/mol. The highest BCUT2D eigenvalue weighted by Gasteiger charge is 2.33. The number of halogens is 3. The van der Waals surface area contributed by atoms with E-state index in [1.807, 2.05) is 0 Å². The Bertz CT molecular complexity index is 1810. The Labute approximate surface area is 254 Å². The van der Waals surface area contributed by atoms with Gasteiger partial charge in [-0.3, -0.25) is 27.9 Å². The van der Waals surface area contributed by atoms with Gasteiger partial charge in [0.2, 0.25) is 11.8 Å². The molecule has 0 radical (unpaired) electrons. The fourth-order valence-electron chi connectivity index (χ4n) is 4.35. The Kier molecular flexibility index (Phi) is 8.54. The third kappa shape index (κ3) is 5.08. The van der Waals surface area contributed by atoms with Crippen LogP contribution in [0.1, 0.15) is 28.2 Å². The molecule has 0 amide bonds. The Morgan fingerprint density at radius 2 is 1.30 bits per heavy atom. The third-order valence-corrected chi connectivity index (χ3v) is 8.87. The van der Waals surface area contributed by atoms with E-state index in [-0.39, 0.29) is 27.3 Å². The first kappa shape index (κ1) is 29.9. The fourth-order valence-corrected chi connectivity index (χ4v) is 6.14. The van der Waals surface area contributed by atoms with E-state index in [9.17, 15) is 24.2 Å². The summed E-state index contributed by atoms with van der Waals surface area (Å²) in [5.74, 6) is -2.30. The maximum atomic E-state index is 14.1. The van der Waals surface area contributed by atoms with Crippen molar-refractivity contribution in [2.75, 3.05) is 0 Å². The van der Waals surface area contributed by atoms with Crippen LogP contribution in [-0.2, 0) is 34.8 Å². The van der Waals surface area contributed by atoms with Crippen molar-refractivity contribution < 1.29 is 19.3 Å². The minimum atomic E-state index is -1.27. The van der Waals surface area contributed by atoms with E-state index in [1.165, 1.54) is 43.4 Å². The first-order chi connectivity index (χ1) is 18.8. The Morgan fingerprint density at radius 1 is 0.850 bits per heavy atom. The lowest BCUT2D eigenvalue weighted by atomic mass is 9.86. The van der Waals surface area contributed by atoms with Crippen molar-refractivity contribution in [3.05, 3.63) is 104 Å². The molecule has 210 valence electrons. The van der Waals surface area contributed by atoms with E-state index in [0.717, 1.165) is 9.13 Å². The average Bonchev–Trinajstić information content (AvgIpc) is 2.92. The second-order valence-electron chi connectivity index (χ2n) is 9.01. The monoisotopic (exact) mass is 712 g/mol. The smallest absolute Gasteiger partial charge is 0.262 e. The van der Waals surface area contributed by atoms with Crippen LogP contribution in [0.2, 0.25) is 0 Å². The molecule has 0 unspecified atom stereocenters. The van der Waals surface area contributed by atoms with Crippen LogP contribution in [0, 0.1) is 15.4 Å². The summed E-state index contributed by atoms with van der Waals surface area (Å²) in [6, 6.07) is 9.39. The molecule has 0 aliphatic carbocycles. The van der Waals surface area contributed by atoms with Crippen LogP contribution in [0.25, 0.3) is 0 Å². The molecule has 0 spiro atoms. The molecule has 2 aromatic carbocycles. The zero-order valence-corrected chi connectivity index (χ0v) is 26.4. The lowest BCUT2D eigenvalue weighted by Crippen LogP contribution is -2.33. The highest BCUT2D eigenvalue weighted by Crippen LogP contribution is 2.42. The molecule has 40 heavy (non-hydrogen) atoms. The summed E-state index contributed by atoms with van der Waals surface area (Å²) in [5, 5.41) is 22.3. The topological polar surface area (TPSA) is 104 Å². The third-order valence-electron chi connectivity index (χ3n) is 6.60. The summed E-state index contributed by atoms with van der Waals surface area (Å²) >= 11 is 17.5. The maximum absolute atomic E-state index is 14.1. The van der Waals surface area contributed by atoms with Crippen LogP contribution in [-0.4, -0.2) is 28.5 Å². The first-order valence-corrected chi connectivity index (χ1v) is 14.0. The van der Waals surface area contributed by atoms with Gasteiger partial charge >= 0.3 is 0 Å². The zero-order chi connectivity index (χ0) is 29.6. The molecule has 4 aromatic rings. The van der Waals surface area contributed by atoms with Gasteiger partial charge in [-0.05, 0) is 80.1 Å². The lowest BCUT2D eigenvalue weighted by Gasteiger charge is -2.24. The van der Waals surface area contributed by atoms with Crippen LogP contribution >= 0.6 is 56.3 Å². The molecule has 0 aliphatic heterocycles. The summed E-state index contributed by atoms with van der Waals surface area (Å²) in [6.45, 7) is -0.0679. The molecule has 0 bridgehead atoms. The molecular formula is C26H23Br2FN4O5S2. The largest absolute Gasteiger partial charge is 0.494 e. The standard InChI is InChI=1S/C26H23Br2FN4O5S2/c1-30-21(34)18(22(35)31(2)25(30)39)17(19-23(36)32(3)26(40)33(4)24(19)37)13-9-14(27)20(15(28)10-13)38-11-12-7-5-6-8-16(12)29/h5-10,17,34,36H,11H2,1-4H3. The van der Waals surface area contributed by atoms with Crippen LogP contribution in [0.15, 0.2) is 54.9 Å².